The van der Waals surface area contributed by atoms with Crippen LogP contribution in [-0.4, -0.2) is 30.2 Å². The summed E-state index contributed by atoms with van der Waals surface area (Å²) >= 11 is 0. The number of ether oxygens (including phenoxy) is 2. The Morgan fingerprint density at radius 2 is 1.92 bits per heavy atom. The van der Waals surface area contributed by atoms with Gasteiger partial charge in [0, 0.05) is 5.41 Å². The van der Waals surface area contributed by atoms with Crippen molar-refractivity contribution in [1.29, 1.82) is 0 Å². The first-order valence-corrected chi connectivity index (χ1v) is 4.36. The lowest BCUT2D eigenvalue weighted by Crippen LogP contribution is -2.46. The van der Waals surface area contributed by atoms with E-state index in [1.165, 1.54) is 0 Å². The molecule has 1 saturated heterocycles. The van der Waals surface area contributed by atoms with E-state index in [4.69, 9.17) is 9.47 Å². The van der Waals surface area contributed by atoms with E-state index in [0.717, 1.165) is 0 Å². The molecule has 0 spiro atoms. The zero-order valence-corrected chi connectivity index (χ0v) is 8.20. The lowest BCUT2D eigenvalue weighted by molar-refractivity contribution is -0.280. The van der Waals surface area contributed by atoms with Gasteiger partial charge in [0.25, 0.3) is 0 Å². The third-order valence-corrected chi connectivity index (χ3v) is 2.01. The third kappa shape index (κ3) is 2.19. The van der Waals surface area contributed by atoms with Gasteiger partial charge in [-0.25, -0.2) is 0 Å². The highest BCUT2D eigenvalue weighted by atomic mass is 16.7. The van der Waals surface area contributed by atoms with Gasteiger partial charge in [-0.1, -0.05) is 20.8 Å². The quantitative estimate of drug-likeness (QED) is 0.599. The van der Waals surface area contributed by atoms with Crippen molar-refractivity contribution in [3.05, 3.63) is 0 Å². The average Bonchev–Trinajstić information content (AvgIpc) is 1.92. The second kappa shape index (κ2) is 3.32. The molecule has 12 heavy (non-hydrogen) atoms. The fourth-order valence-corrected chi connectivity index (χ4v) is 1.10. The normalized spacial score (nSPS) is 38.2. The molecule has 1 heterocycles. The van der Waals surface area contributed by atoms with Crippen LogP contribution in [0.2, 0.25) is 0 Å². The minimum Gasteiger partial charge on any atom is -0.388 e. The molecule has 0 aromatic carbocycles. The summed E-state index contributed by atoms with van der Waals surface area (Å²) in [6, 6.07) is 0. The van der Waals surface area contributed by atoms with Crippen molar-refractivity contribution in [2.24, 2.45) is 5.41 Å². The predicted molar refractivity (Wildman–Crippen MR) is 45.7 cm³/mol. The van der Waals surface area contributed by atoms with Gasteiger partial charge >= 0.3 is 0 Å². The van der Waals surface area contributed by atoms with Crippen molar-refractivity contribution < 1.29 is 14.6 Å². The smallest absolute Gasteiger partial charge is 0.162 e. The van der Waals surface area contributed by atoms with Crippen LogP contribution in [0.15, 0.2) is 0 Å². The van der Waals surface area contributed by atoms with Crippen LogP contribution in [0.1, 0.15) is 27.7 Å². The molecule has 1 aliphatic heterocycles. The molecular formula is C9H18O3. The zero-order valence-electron chi connectivity index (χ0n) is 8.20. The highest BCUT2D eigenvalue weighted by molar-refractivity contribution is 4.75. The molecule has 0 aliphatic carbocycles. The molecule has 0 amide bonds. The van der Waals surface area contributed by atoms with E-state index in [9.17, 15) is 5.11 Å². The van der Waals surface area contributed by atoms with E-state index in [1.54, 1.807) is 0 Å². The van der Waals surface area contributed by atoms with E-state index in [2.05, 4.69) is 20.8 Å². The van der Waals surface area contributed by atoms with E-state index in [-0.39, 0.29) is 17.8 Å². The standard InChI is InChI=1S/C9H18O3/c1-6-7(10)5-11-8(12-6)9(2,3)4/h6-8,10H,5H2,1-4H3/t6-,7-,8+/m1/s1. The van der Waals surface area contributed by atoms with Crippen molar-refractivity contribution in [1.82, 2.24) is 0 Å². The highest BCUT2D eigenvalue weighted by Gasteiger charge is 2.34. The summed E-state index contributed by atoms with van der Waals surface area (Å²) in [5.41, 5.74) is -0.0194. The van der Waals surface area contributed by atoms with Gasteiger partial charge in [0.1, 0.15) is 6.10 Å². The number of aliphatic hydroxyl groups is 1. The van der Waals surface area contributed by atoms with Crippen LogP contribution in [0.3, 0.4) is 0 Å². The third-order valence-electron chi connectivity index (χ3n) is 2.01. The largest absolute Gasteiger partial charge is 0.388 e. The monoisotopic (exact) mass is 174 g/mol. The molecule has 1 aliphatic rings. The molecule has 72 valence electrons. The van der Waals surface area contributed by atoms with Crippen LogP contribution in [0.4, 0.5) is 0 Å². The SMILES string of the molecule is C[C@H]1O[C@@H](C(C)(C)C)OC[C@H]1O. The lowest BCUT2D eigenvalue weighted by Gasteiger charge is -2.38. The maximum Gasteiger partial charge on any atom is 0.162 e. The molecule has 1 fully saturated rings. The summed E-state index contributed by atoms with van der Waals surface area (Å²) < 4.78 is 10.8. The molecule has 0 saturated carbocycles. The minimum absolute atomic E-state index is 0.0194. The maximum absolute atomic E-state index is 9.31. The van der Waals surface area contributed by atoms with Crippen molar-refractivity contribution in [2.45, 2.75) is 46.2 Å². The Balaban J connectivity index is 2.51. The van der Waals surface area contributed by atoms with Gasteiger partial charge in [-0.05, 0) is 6.92 Å². The van der Waals surface area contributed by atoms with Gasteiger partial charge in [0.2, 0.25) is 0 Å². The van der Waals surface area contributed by atoms with Crippen LogP contribution in [0.5, 0.6) is 0 Å². The summed E-state index contributed by atoms with van der Waals surface area (Å²) in [6.07, 6.45) is -0.803. The van der Waals surface area contributed by atoms with Crippen LogP contribution in [-0.2, 0) is 9.47 Å². The van der Waals surface area contributed by atoms with Crippen LogP contribution in [0.25, 0.3) is 0 Å². The van der Waals surface area contributed by atoms with Gasteiger partial charge in [-0.3, -0.25) is 0 Å². The van der Waals surface area contributed by atoms with Gasteiger partial charge in [-0.2, -0.15) is 0 Å². The topological polar surface area (TPSA) is 38.7 Å². The zero-order chi connectivity index (χ0) is 9.35. The summed E-state index contributed by atoms with van der Waals surface area (Å²) in [6.45, 7) is 8.42. The Labute approximate surface area is 73.7 Å². The van der Waals surface area contributed by atoms with Gasteiger partial charge in [-0.15, -0.1) is 0 Å². The molecule has 0 aromatic rings. The van der Waals surface area contributed by atoms with E-state index < -0.39 is 6.10 Å². The molecule has 3 atom stereocenters. The first kappa shape index (κ1) is 9.96. The van der Waals surface area contributed by atoms with Crippen molar-refractivity contribution in [3.8, 4) is 0 Å². The van der Waals surface area contributed by atoms with E-state index in [1.807, 2.05) is 6.92 Å². The number of hydrogen-bond donors (Lipinski definition) is 1. The molecule has 0 bridgehead atoms. The van der Waals surface area contributed by atoms with Gasteiger partial charge < -0.3 is 14.6 Å². The molecule has 1 N–H and O–H groups in total. The van der Waals surface area contributed by atoms with Crippen molar-refractivity contribution in [3.63, 3.8) is 0 Å². The summed E-state index contributed by atoms with van der Waals surface area (Å²) in [5, 5.41) is 9.31. The average molecular weight is 174 g/mol. The molecular weight excluding hydrogens is 156 g/mol. The Kier molecular flexibility index (Phi) is 2.76. The first-order chi connectivity index (χ1) is 5.41. The fraction of sp³-hybridized carbons (Fsp3) is 1.00. The Bertz CT molecular complexity index is 150. The lowest BCUT2D eigenvalue weighted by atomic mass is 9.95. The van der Waals surface area contributed by atoms with Gasteiger partial charge in [0.05, 0.1) is 12.7 Å². The van der Waals surface area contributed by atoms with Crippen LogP contribution >= 0.6 is 0 Å². The highest BCUT2D eigenvalue weighted by Crippen LogP contribution is 2.27. The molecule has 0 aromatic heterocycles. The molecule has 3 heteroatoms. The van der Waals surface area contributed by atoms with E-state index >= 15 is 0 Å². The maximum atomic E-state index is 9.31. The van der Waals surface area contributed by atoms with Crippen molar-refractivity contribution in [2.75, 3.05) is 6.61 Å². The summed E-state index contributed by atoms with van der Waals surface area (Å²) in [5.74, 6) is 0. The van der Waals surface area contributed by atoms with Crippen LogP contribution in [0, 0.1) is 5.41 Å². The van der Waals surface area contributed by atoms with Gasteiger partial charge in [0.15, 0.2) is 6.29 Å². The summed E-state index contributed by atoms with van der Waals surface area (Å²) in [7, 11) is 0. The minimum atomic E-state index is -0.483. The number of hydrogen-bond acceptors (Lipinski definition) is 3. The molecule has 3 nitrogen and oxygen atoms in total. The van der Waals surface area contributed by atoms with E-state index in [0.29, 0.717) is 6.61 Å². The molecule has 0 unspecified atom stereocenters. The van der Waals surface area contributed by atoms with Crippen molar-refractivity contribution >= 4 is 0 Å². The number of rotatable bonds is 0. The van der Waals surface area contributed by atoms with Crippen LogP contribution < -0.4 is 0 Å². The second-order valence-electron chi connectivity index (χ2n) is 4.44. The first-order valence-electron chi connectivity index (χ1n) is 4.36. The number of aliphatic hydroxyl groups excluding tert-OH is 1. The Morgan fingerprint density at radius 3 is 2.33 bits per heavy atom. The second-order valence-corrected chi connectivity index (χ2v) is 4.44. The molecule has 1 rings (SSSR count). The Hall–Kier alpha value is -0.120. The predicted octanol–water partition coefficient (Wildman–Crippen LogP) is 1.15. The molecule has 0 radical (unpaired) electrons. The fourth-order valence-electron chi connectivity index (χ4n) is 1.10. The summed E-state index contributed by atoms with van der Waals surface area (Å²) in [4.78, 5) is 0. The Morgan fingerprint density at radius 1 is 1.33 bits per heavy atom.